The van der Waals surface area contributed by atoms with Crippen LogP contribution in [0.3, 0.4) is 0 Å². The molecule has 1 N–H and O–H groups in total. The van der Waals surface area contributed by atoms with E-state index in [4.69, 9.17) is 24.4 Å². The average Bonchev–Trinajstić information content (AvgIpc) is 1.57. The molecule has 0 spiro atoms. The molecule has 0 atom stereocenters. The van der Waals surface area contributed by atoms with Crippen LogP contribution in [0, 0.1) is 12.1 Å². The van der Waals surface area contributed by atoms with E-state index >= 15 is 0 Å². The van der Waals surface area contributed by atoms with Gasteiger partial charge in [0.1, 0.15) is 34.7 Å². The summed E-state index contributed by atoms with van der Waals surface area (Å²) in [5.74, 6) is 6.03. The molecule has 3 aliphatic heterocycles. The molecule has 15 nitrogen and oxygen atoms in total. The van der Waals surface area contributed by atoms with E-state index in [0.29, 0.717) is 11.5 Å². The number of hydrogen-bond acceptors (Lipinski definition) is 9. The van der Waals surface area contributed by atoms with Crippen LogP contribution in [0.5, 0.6) is 28.7 Å². The van der Waals surface area contributed by atoms with Gasteiger partial charge >= 0.3 is 21.1 Å². The number of aromatic hydroxyl groups is 1. The summed E-state index contributed by atoms with van der Waals surface area (Å²) >= 11 is 3.62. The van der Waals surface area contributed by atoms with Gasteiger partial charge in [-0.15, -0.1) is 35.7 Å². The van der Waals surface area contributed by atoms with E-state index in [2.05, 4.69) is 208 Å². The van der Waals surface area contributed by atoms with Gasteiger partial charge in [0.15, 0.2) is 0 Å². The zero-order valence-corrected chi connectivity index (χ0v) is 61.2. The number of phenols is 1. The van der Waals surface area contributed by atoms with E-state index in [9.17, 15) is 5.11 Å². The molecule has 105 heavy (non-hydrogen) atoms. The SMILES string of the molecule is C.CC1(C)c2cccnc2-n2c3[c-]c(Oc4[c-]c(-n5cccn5)ccc4)ccc3c3cccc1c32.CC1(C)c2cccnc2-n2c3cc(Br)ccc3c3cccc1c32.CC1(C)c2cccnc2-n2c3cc(Oc4cccc(-n5cccn5)c4)ccc3c3cccc1c32.Oc1cccc(-n2cccn2)c1.[Pt+2]. The van der Waals surface area contributed by atoms with Crippen LogP contribution in [-0.2, 0) is 37.3 Å². The second kappa shape index (κ2) is 26.4. The van der Waals surface area contributed by atoms with Crippen molar-refractivity contribution >= 4 is 81.3 Å². The van der Waals surface area contributed by atoms with Gasteiger partial charge in [-0.2, -0.15) is 27.4 Å². The minimum absolute atomic E-state index is 0. The molecule has 9 aromatic carbocycles. The molecule has 0 amide bonds. The quantitative estimate of drug-likeness (QED) is 0.154. The standard InChI is InChI=1S/C29H22N4O.C29H20N4O.C20H15BrN2.C9H8N2O.CH4.Pt/c2*1-29(2)24-10-4-9-23-22-13-12-21(34-20-8-3-7-19(17-20)32-16-6-15-31-32)18-26(22)33(27(23)24)28-25(29)11-5-14-30-28;1-20(2)15-6-3-5-14-13-9-8-12(21)11-17(13)23(18(14)15)19-16(20)7-4-10-22-19;12-9-4-1-3-8(7-9)11-6-2-5-10-11;;/h3-18H,1-2H3;3-16H,1-2H3;3-11H,1-2H3;1-7,12H;1H4;/q;-2;;;;+2. The fourth-order valence-electron chi connectivity index (χ4n) is 15.4. The van der Waals surface area contributed by atoms with Gasteiger partial charge in [0.25, 0.3) is 0 Å². The molecule has 18 aromatic rings. The van der Waals surface area contributed by atoms with Gasteiger partial charge in [0.2, 0.25) is 0 Å². The zero-order chi connectivity index (χ0) is 69.9. The van der Waals surface area contributed by atoms with Gasteiger partial charge in [-0.05, 0) is 113 Å². The molecule has 17 heteroatoms. The third kappa shape index (κ3) is 11.3. The molecule has 3 aliphatic rings. The molecule has 0 radical (unpaired) electrons. The molecule has 0 saturated carbocycles. The number of phenolic OH excluding ortho intramolecular Hbond substituents is 1. The van der Waals surface area contributed by atoms with Crippen molar-refractivity contribution in [1.29, 1.82) is 0 Å². The van der Waals surface area contributed by atoms with Crippen LogP contribution in [0.15, 0.2) is 285 Å². The fourth-order valence-corrected chi connectivity index (χ4v) is 15.8. The summed E-state index contributed by atoms with van der Waals surface area (Å²) in [6.07, 6.45) is 16.5. The van der Waals surface area contributed by atoms with Crippen molar-refractivity contribution in [1.82, 2.24) is 58.0 Å². The molecule has 0 saturated heterocycles. The minimum atomic E-state index is -0.144. The van der Waals surface area contributed by atoms with Gasteiger partial charge in [-0.25, -0.2) is 24.3 Å². The van der Waals surface area contributed by atoms with Crippen molar-refractivity contribution in [3.05, 3.63) is 330 Å². The predicted molar refractivity (Wildman–Crippen MR) is 417 cm³/mol. The molecule has 21 rings (SSSR count). The van der Waals surface area contributed by atoms with E-state index in [0.717, 1.165) is 66.9 Å². The van der Waals surface area contributed by atoms with Crippen molar-refractivity contribution in [3.8, 4) is 63.3 Å². The first kappa shape index (κ1) is 67.5. The first-order valence-electron chi connectivity index (χ1n) is 34.1. The smallest absolute Gasteiger partial charge is 0.509 e. The molecule has 0 aliphatic carbocycles. The Morgan fingerprint density at radius 1 is 0.371 bits per heavy atom. The Kier molecular flexibility index (Phi) is 17.0. The summed E-state index contributed by atoms with van der Waals surface area (Å²) in [7, 11) is 0. The molecule has 0 bridgehead atoms. The number of fused-ring (bicyclic) bond motifs is 15. The van der Waals surface area contributed by atoms with E-state index in [1.807, 2.05) is 139 Å². The van der Waals surface area contributed by atoms with E-state index in [1.165, 1.54) is 82.4 Å². The van der Waals surface area contributed by atoms with Crippen molar-refractivity contribution in [2.45, 2.75) is 65.2 Å². The third-order valence-electron chi connectivity index (χ3n) is 20.4. The Labute approximate surface area is 629 Å². The summed E-state index contributed by atoms with van der Waals surface area (Å²) in [4.78, 5) is 14.4. The maximum absolute atomic E-state index is 9.17. The first-order valence-corrected chi connectivity index (χ1v) is 34.9. The number of ether oxygens (including phenoxy) is 2. The Hall–Kier alpha value is -12.0. The monoisotopic (exact) mass is 1620 g/mol. The summed E-state index contributed by atoms with van der Waals surface area (Å²) in [5.41, 5.74) is 17.0. The summed E-state index contributed by atoms with van der Waals surface area (Å²) in [6.45, 7) is 13.7. The molecule has 9 aromatic heterocycles. The van der Waals surface area contributed by atoms with Crippen LogP contribution in [0.1, 0.15) is 82.3 Å². The summed E-state index contributed by atoms with van der Waals surface area (Å²) in [5, 5.41) is 29.2. The number of para-hydroxylation sites is 3. The Morgan fingerprint density at radius 3 is 1.37 bits per heavy atom. The number of hydrogen-bond donors (Lipinski definition) is 1. The van der Waals surface area contributed by atoms with Crippen LogP contribution in [0.2, 0.25) is 0 Å². The van der Waals surface area contributed by atoms with Crippen LogP contribution >= 0.6 is 15.9 Å². The van der Waals surface area contributed by atoms with Crippen molar-refractivity contribution in [2.24, 2.45) is 0 Å². The second-order valence-electron chi connectivity index (χ2n) is 27.5. The largest absolute Gasteiger partial charge is 2.00 e. The number of aromatic nitrogens is 12. The fraction of sp³-hybridized carbons (Fsp3) is 0.114. The van der Waals surface area contributed by atoms with E-state index in [-0.39, 0.29) is 50.5 Å². The second-order valence-corrected chi connectivity index (χ2v) is 28.4. The number of pyridine rings is 3. The summed E-state index contributed by atoms with van der Waals surface area (Å²) < 4.78 is 25.8. The molecule has 0 unspecified atom stereocenters. The van der Waals surface area contributed by atoms with Gasteiger partial charge in [-0.1, -0.05) is 161 Å². The average molecular weight is 1620 g/mol. The van der Waals surface area contributed by atoms with Crippen molar-refractivity contribution < 1.29 is 35.6 Å². The summed E-state index contributed by atoms with van der Waals surface area (Å²) in [6, 6.07) is 82.5. The number of benzene rings is 9. The number of nitrogens with zero attached hydrogens (tertiary/aromatic N) is 12. The Morgan fingerprint density at radius 2 is 0.819 bits per heavy atom. The van der Waals surface area contributed by atoms with Gasteiger partial charge in [0, 0.05) is 150 Å². The minimum Gasteiger partial charge on any atom is -0.509 e. The van der Waals surface area contributed by atoms with Crippen LogP contribution in [-0.4, -0.2) is 63.1 Å². The van der Waals surface area contributed by atoms with Crippen molar-refractivity contribution in [2.75, 3.05) is 0 Å². The third-order valence-corrected chi connectivity index (χ3v) is 20.9. The topological polar surface area (TPSA) is 146 Å². The van der Waals surface area contributed by atoms with E-state index in [1.54, 1.807) is 46.2 Å². The van der Waals surface area contributed by atoms with Gasteiger partial charge in [-0.3, -0.25) is 13.8 Å². The molecule has 0 fully saturated rings. The normalized spacial score (nSPS) is 13.4. The van der Waals surface area contributed by atoms with Gasteiger partial charge in [0.05, 0.1) is 33.4 Å². The van der Waals surface area contributed by atoms with Crippen molar-refractivity contribution in [3.63, 3.8) is 0 Å². The van der Waals surface area contributed by atoms with E-state index < -0.39 is 0 Å². The first-order chi connectivity index (χ1) is 50.2. The van der Waals surface area contributed by atoms with Gasteiger partial charge < -0.3 is 19.1 Å². The van der Waals surface area contributed by atoms with Crippen LogP contribution in [0.4, 0.5) is 0 Å². The number of rotatable bonds is 7. The van der Waals surface area contributed by atoms with Crippen LogP contribution in [0.25, 0.3) is 99.9 Å². The predicted octanol–water partition coefficient (Wildman–Crippen LogP) is 21.0. The Bertz CT molecular complexity index is 6090. The maximum Gasteiger partial charge on any atom is 2.00 e. The molecule has 12 heterocycles. The molecule has 516 valence electrons. The molecular weight excluding hydrogens is 1550 g/mol. The Balaban J connectivity index is 0.000000113. The van der Waals surface area contributed by atoms with Crippen LogP contribution < -0.4 is 9.47 Å². The zero-order valence-electron chi connectivity index (χ0n) is 57.4. The molecular formula is C88H69BrN12O3Pt. The maximum atomic E-state index is 9.17. The number of halogens is 1.